The van der Waals surface area contributed by atoms with Crippen LogP contribution in [-0.2, 0) is 4.79 Å². The standard InChI is InChI=1S/C20H41NO2/c1-2-3-4-5-6-7-8-9-10-11-12-13-14-15-16-17-18-19(21)20(22)23/h19H,2-18,21H2,1H3,(H,22,23)/t19-/m1/s1. The maximum atomic E-state index is 10.6. The average molecular weight is 328 g/mol. The van der Waals surface area contributed by atoms with E-state index < -0.39 is 12.0 Å². The van der Waals surface area contributed by atoms with Crippen LogP contribution in [0.1, 0.15) is 116 Å². The molecular formula is C20H41NO2. The summed E-state index contributed by atoms with van der Waals surface area (Å²) in [5, 5.41) is 8.68. The van der Waals surface area contributed by atoms with Crippen LogP contribution in [0.4, 0.5) is 0 Å². The highest BCUT2D eigenvalue weighted by molar-refractivity contribution is 5.72. The number of aliphatic carboxylic acids is 1. The fourth-order valence-electron chi connectivity index (χ4n) is 3.04. The topological polar surface area (TPSA) is 63.3 Å². The Hall–Kier alpha value is -0.570. The molecule has 0 amide bonds. The van der Waals surface area contributed by atoms with Crippen LogP contribution in [0.2, 0.25) is 0 Å². The van der Waals surface area contributed by atoms with Crippen molar-refractivity contribution in [2.75, 3.05) is 0 Å². The van der Waals surface area contributed by atoms with Crippen molar-refractivity contribution in [1.29, 1.82) is 0 Å². The zero-order chi connectivity index (χ0) is 17.2. The van der Waals surface area contributed by atoms with Crippen LogP contribution in [0, 0.1) is 0 Å². The van der Waals surface area contributed by atoms with Gasteiger partial charge in [0, 0.05) is 0 Å². The van der Waals surface area contributed by atoms with Gasteiger partial charge in [0.1, 0.15) is 6.04 Å². The van der Waals surface area contributed by atoms with E-state index in [1.54, 1.807) is 0 Å². The number of nitrogens with two attached hydrogens (primary N) is 1. The zero-order valence-electron chi connectivity index (χ0n) is 15.5. The molecule has 0 saturated heterocycles. The van der Waals surface area contributed by atoms with Crippen molar-refractivity contribution >= 4 is 5.97 Å². The summed E-state index contributed by atoms with van der Waals surface area (Å²) >= 11 is 0. The van der Waals surface area contributed by atoms with E-state index in [9.17, 15) is 4.79 Å². The Morgan fingerprint density at radius 3 is 1.30 bits per heavy atom. The maximum absolute atomic E-state index is 10.6. The summed E-state index contributed by atoms with van der Waals surface area (Å²) in [5.74, 6) is -0.869. The van der Waals surface area contributed by atoms with Crippen molar-refractivity contribution in [2.24, 2.45) is 5.73 Å². The third kappa shape index (κ3) is 17.6. The summed E-state index contributed by atoms with van der Waals surface area (Å²) < 4.78 is 0. The normalized spacial score (nSPS) is 12.4. The van der Waals surface area contributed by atoms with Crippen LogP contribution >= 0.6 is 0 Å². The van der Waals surface area contributed by atoms with E-state index in [4.69, 9.17) is 10.8 Å². The van der Waals surface area contributed by atoms with Crippen LogP contribution in [0.5, 0.6) is 0 Å². The Morgan fingerprint density at radius 1 is 0.696 bits per heavy atom. The summed E-state index contributed by atoms with van der Waals surface area (Å²) in [5.41, 5.74) is 5.48. The van der Waals surface area contributed by atoms with Gasteiger partial charge in [-0.05, 0) is 6.42 Å². The Kier molecular flexibility index (Phi) is 17.3. The van der Waals surface area contributed by atoms with Gasteiger partial charge in [-0.25, -0.2) is 0 Å². The molecule has 3 nitrogen and oxygen atoms in total. The smallest absolute Gasteiger partial charge is 0.320 e. The molecule has 3 heteroatoms. The molecule has 0 aromatic heterocycles. The summed E-state index contributed by atoms with van der Waals surface area (Å²) in [6.07, 6.45) is 22.0. The van der Waals surface area contributed by atoms with E-state index in [2.05, 4.69) is 6.92 Å². The van der Waals surface area contributed by atoms with Crippen LogP contribution in [0.3, 0.4) is 0 Å². The molecule has 0 fully saturated rings. The lowest BCUT2D eigenvalue weighted by Crippen LogP contribution is -2.29. The average Bonchev–Trinajstić information content (AvgIpc) is 2.54. The van der Waals surface area contributed by atoms with Crippen molar-refractivity contribution in [3.63, 3.8) is 0 Å². The first-order chi connectivity index (χ1) is 11.2. The van der Waals surface area contributed by atoms with Gasteiger partial charge < -0.3 is 10.8 Å². The summed E-state index contributed by atoms with van der Waals surface area (Å²) in [7, 11) is 0. The van der Waals surface area contributed by atoms with Gasteiger partial charge in [0.15, 0.2) is 0 Å². The highest BCUT2D eigenvalue weighted by Crippen LogP contribution is 2.14. The lowest BCUT2D eigenvalue weighted by atomic mass is 10.0. The minimum absolute atomic E-state index is 0.619. The first kappa shape index (κ1) is 22.4. The second-order valence-corrected chi connectivity index (χ2v) is 7.04. The lowest BCUT2D eigenvalue weighted by molar-refractivity contribution is -0.138. The number of carboxylic acids is 1. The molecule has 1 atom stereocenters. The molecule has 0 bridgehead atoms. The van der Waals surface area contributed by atoms with Gasteiger partial charge in [-0.15, -0.1) is 0 Å². The fourth-order valence-corrected chi connectivity index (χ4v) is 3.04. The minimum atomic E-state index is -0.869. The van der Waals surface area contributed by atoms with Crippen molar-refractivity contribution in [3.05, 3.63) is 0 Å². The van der Waals surface area contributed by atoms with Gasteiger partial charge in [0.25, 0.3) is 0 Å². The second-order valence-electron chi connectivity index (χ2n) is 7.04. The molecule has 0 spiro atoms. The molecule has 0 aliphatic carbocycles. The van der Waals surface area contributed by atoms with Crippen molar-refractivity contribution in [2.45, 2.75) is 122 Å². The Morgan fingerprint density at radius 2 is 1.00 bits per heavy atom. The van der Waals surface area contributed by atoms with Crippen LogP contribution in [0.15, 0.2) is 0 Å². The molecule has 0 aliphatic heterocycles. The predicted octanol–water partition coefficient (Wildman–Crippen LogP) is 6.05. The van der Waals surface area contributed by atoms with Gasteiger partial charge in [-0.2, -0.15) is 0 Å². The fraction of sp³-hybridized carbons (Fsp3) is 0.950. The molecule has 0 radical (unpaired) electrons. The highest BCUT2D eigenvalue weighted by atomic mass is 16.4. The Bertz CT molecular complexity index is 256. The maximum Gasteiger partial charge on any atom is 0.320 e. The van der Waals surface area contributed by atoms with E-state index in [0.717, 1.165) is 12.8 Å². The predicted molar refractivity (Wildman–Crippen MR) is 99.8 cm³/mol. The molecule has 0 rings (SSSR count). The molecule has 23 heavy (non-hydrogen) atoms. The molecular weight excluding hydrogens is 286 g/mol. The Labute approximate surface area is 144 Å². The van der Waals surface area contributed by atoms with Crippen LogP contribution < -0.4 is 5.73 Å². The van der Waals surface area contributed by atoms with E-state index in [1.165, 1.54) is 89.9 Å². The van der Waals surface area contributed by atoms with Gasteiger partial charge >= 0.3 is 5.97 Å². The van der Waals surface area contributed by atoms with Crippen molar-refractivity contribution in [3.8, 4) is 0 Å². The van der Waals surface area contributed by atoms with E-state index in [1.807, 2.05) is 0 Å². The molecule has 0 aromatic rings. The molecule has 0 heterocycles. The number of hydrogen-bond acceptors (Lipinski definition) is 2. The molecule has 0 saturated carbocycles. The minimum Gasteiger partial charge on any atom is -0.480 e. The summed E-state index contributed by atoms with van der Waals surface area (Å²) in [6, 6.07) is -0.665. The largest absolute Gasteiger partial charge is 0.480 e. The lowest BCUT2D eigenvalue weighted by Gasteiger charge is -2.06. The summed E-state index contributed by atoms with van der Waals surface area (Å²) in [4.78, 5) is 10.6. The van der Waals surface area contributed by atoms with Gasteiger partial charge in [-0.3, -0.25) is 4.79 Å². The first-order valence-electron chi connectivity index (χ1n) is 10.2. The highest BCUT2D eigenvalue weighted by Gasteiger charge is 2.09. The number of carbonyl (C=O) groups is 1. The number of carboxylic acid groups (broad SMARTS) is 1. The van der Waals surface area contributed by atoms with Gasteiger partial charge in [0.05, 0.1) is 0 Å². The van der Waals surface area contributed by atoms with Crippen molar-refractivity contribution in [1.82, 2.24) is 0 Å². The summed E-state index contributed by atoms with van der Waals surface area (Å²) in [6.45, 7) is 2.27. The van der Waals surface area contributed by atoms with Crippen LogP contribution in [-0.4, -0.2) is 17.1 Å². The third-order valence-corrected chi connectivity index (χ3v) is 4.69. The SMILES string of the molecule is CCCCCCCCCCCCCCCCCC[C@@H](N)C(=O)O. The molecule has 0 aliphatic rings. The van der Waals surface area contributed by atoms with Crippen molar-refractivity contribution < 1.29 is 9.90 Å². The molecule has 138 valence electrons. The van der Waals surface area contributed by atoms with Gasteiger partial charge in [0.2, 0.25) is 0 Å². The first-order valence-corrected chi connectivity index (χ1v) is 10.2. The number of rotatable bonds is 18. The van der Waals surface area contributed by atoms with E-state index >= 15 is 0 Å². The zero-order valence-corrected chi connectivity index (χ0v) is 15.5. The third-order valence-electron chi connectivity index (χ3n) is 4.69. The number of unbranched alkanes of at least 4 members (excludes halogenated alkanes) is 15. The Balaban J connectivity index is 3.04. The monoisotopic (exact) mass is 327 g/mol. The number of hydrogen-bond donors (Lipinski definition) is 2. The molecule has 3 N–H and O–H groups in total. The van der Waals surface area contributed by atoms with E-state index in [-0.39, 0.29) is 0 Å². The molecule has 0 aromatic carbocycles. The molecule has 0 unspecified atom stereocenters. The van der Waals surface area contributed by atoms with Gasteiger partial charge in [-0.1, -0.05) is 110 Å². The quantitative estimate of drug-likeness (QED) is 0.301. The van der Waals surface area contributed by atoms with E-state index in [0.29, 0.717) is 6.42 Å². The second kappa shape index (κ2) is 17.8. The van der Waals surface area contributed by atoms with Crippen LogP contribution in [0.25, 0.3) is 0 Å².